The highest BCUT2D eigenvalue weighted by molar-refractivity contribution is 7.46. The Labute approximate surface area is 124 Å². The lowest BCUT2D eigenvalue weighted by Gasteiger charge is -2.26. The molecule has 1 amide bonds. The van der Waals surface area contributed by atoms with E-state index in [-0.39, 0.29) is 12.4 Å². The molecule has 8 N–H and O–H groups in total. The fraction of sp³-hybridized carbons (Fsp3) is 0.667. The Morgan fingerprint density at radius 3 is 2.59 bits per heavy atom. The second-order valence-corrected chi connectivity index (χ2v) is 5.94. The summed E-state index contributed by atoms with van der Waals surface area (Å²) in [6, 6.07) is 0. The SMILES string of the molecule is NC(=O)C1=C(O)N([C@@H]2O[C@H](COP(=O)(O)O)[C@@H](O)[C@H]2O)CN1. The standard InChI is InChI=1S/C9H16N3O9P/c10-7(15)4-8(16)12(2-11-4)9-6(14)5(13)3(21-9)1-20-22(17,18)19/h3,5-6,9,11,13-14,16H,1-2H2,(H2,10,15)(H2,17,18,19)/t3-,5-,6-,9-/m1/s1. The summed E-state index contributed by atoms with van der Waals surface area (Å²) in [7, 11) is -4.76. The van der Waals surface area contributed by atoms with Gasteiger partial charge in [0.2, 0.25) is 5.88 Å². The molecule has 0 unspecified atom stereocenters. The van der Waals surface area contributed by atoms with Crippen molar-refractivity contribution in [3.8, 4) is 0 Å². The van der Waals surface area contributed by atoms with Crippen LogP contribution in [0.4, 0.5) is 0 Å². The minimum absolute atomic E-state index is 0.120. The minimum atomic E-state index is -4.76. The van der Waals surface area contributed by atoms with Crippen LogP contribution in [0.2, 0.25) is 0 Å². The lowest BCUT2D eigenvalue weighted by atomic mass is 10.1. The van der Waals surface area contributed by atoms with E-state index in [0.717, 1.165) is 4.90 Å². The van der Waals surface area contributed by atoms with Crippen molar-refractivity contribution in [2.45, 2.75) is 24.5 Å². The van der Waals surface area contributed by atoms with E-state index >= 15 is 0 Å². The molecule has 0 spiro atoms. The van der Waals surface area contributed by atoms with Crippen molar-refractivity contribution >= 4 is 13.7 Å². The number of rotatable bonds is 5. The first-order chi connectivity index (χ1) is 10.1. The van der Waals surface area contributed by atoms with E-state index in [1.54, 1.807) is 0 Å². The van der Waals surface area contributed by atoms with Crippen LogP contribution < -0.4 is 11.1 Å². The van der Waals surface area contributed by atoms with E-state index in [1.165, 1.54) is 0 Å². The number of primary amides is 1. The molecule has 22 heavy (non-hydrogen) atoms. The van der Waals surface area contributed by atoms with Crippen LogP contribution in [-0.4, -0.2) is 73.7 Å². The van der Waals surface area contributed by atoms with Crippen molar-refractivity contribution in [1.29, 1.82) is 0 Å². The number of hydrogen-bond acceptors (Lipinski definition) is 9. The number of phosphoric ester groups is 1. The molecular formula is C9H16N3O9P. The van der Waals surface area contributed by atoms with Crippen molar-refractivity contribution in [2.24, 2.45) is 5.73 Å². The van der Waals surface area contributed by atoms with Crippen LogP contribution in [0.15, 0.2) is 11.6 Å². The van der Waals surface area contributed by atoms with Gasteiger partial charge in [0.05, 0.1) is 13.3 Å². The van der Waals surface area contributed by atoms with Crippen LogP contribution in [0.5, 0.6) is 0 Å². The maximum Gasteiger partial charge on any atom is 0.469 e. The largest absolute Gasteiger partial charge is 0.493 e. The Bertz CT molecular complexity index is 534. The number of aliphatic hydroxyl groups excluding tert-OH is 3. The fourth-order valence-corrected chi connectivity index (χ4v) is 2.51. The van der Waals surface area contributed by atoms with E-state index in [0.29, 0.717) is 0 Å². The zero-order valence-electron chi connectivity index (χ0n) is 11.1. The normalized spacial score (nSPS) is 32.5. The van der Waals surface area contributed by atoms with Gasteiger partial charge in [-0.1, -0.05) is 0 Å². The van der Waals surface area contributed by atoms with E-state index in [2.05, 4.69) is 9.84 Å². The van der Waals surface area contributed by atoms with Gasteiger partial charge in [-0.05, 0) is 0 Å². The average molecular weight is 341 g/mol. The number of carbonyl (C=O) groups excluding carboxylic acids is 1. The molecule has 0 aromatic carbocycles. The van der Waals surface area contributed by atoms with Gasteiger partial charge in [0, 0.05) is 0 Å². The molecule has 0 aromatic heterocycles. The molecule has 1 saturated heterocycles. The van der Waals surface area contributed by atoms with E-state index in [9.17, 15) is 24.7 Å². The molecule has 0 aromatic rings. The van der Waals surface area contributed by atoms with Crippen molar-refractivity contribution in [2.75, 3.05) is 13.3 Å². The summed E-state index contributed by atoms with van der Waals surface area (Å²) < 4.78 is 20.1. The first kappa shape index (κ1) is 17.0. The first-order valence-corrected chi connectivity index (χ1v) is 7.60. The van der Waals surface area contributed by atoms with Gasteiger partial charge < -0.3 is 40.9 Å². The third-order valence-electron chi connectivity index (χ3n) is 3.22. The molecular weight excluding hydrogens is 325 g/mol. The van der Waals surface area contributed by atoms with E-state index < -0.39 is 50.8 Å². The summed E-state index contributed by atoms with van der Waals surface area (Å²) in [5.74, 6) is -1.49. The average Bonchev–Trinajstić information content (AvgIpc) is 2.90. The number of hydrogen-bond donors (Lipinski definition) is 7. The van der Waals surface area contributed by atoms with Gasteiger partial charge >= 0.3 is 7.82 Å². The zero-order valence-corrected chi connectivity index (χ0v) is 12.0. The maximum atomic E-state index is 11.1. The summed E-state index contributed by atoms with van der Waals surface area (Å²) >= 11 is 0. The lowest BCUT2D eigenvalue weighted by Crippen LogP contribution is -2.43. The Morgan fingerprint density at radius 2 is 2.09 bits per heavy atom. The Hall–Kier alpha value is -1.40. The van der Waals surface area contributed by atoms with Crippen molar-refractivity contribution in [3.05, 3.63) is 11.6 Å². The summed E-state index contributed by atoms with van der Waals surface area (Å²) in [6.45, 7) is -0.794. The number of aliphatic hydroxyl groups is 3. The number of nitrogens with one attached hydrogen (secondary N) is 1. The van der Waals surface area contributed by atoms with Gasteiger partial charge in [-0.15, -0.1) is 0 Å². The molecule has 2 aliphatic rings. The molecule has 2 aliphatic heterocycles. The second-order valence-electron chi connectivity index (χ2n) is 4.70. The molecule has 0 bridgehead atoms. The highest BCUT2D eigenvalue weighted by atomic mass is 31.2. The van der Waals surface area contributed by atoms with Gasteiger partial charge in [-0.3, -0.25) is 14.2 Å². The monoisotopic (exact) mass is 341 g/mol. The fourth-order valence-electron chi connectivity index (χ4n) is 2.16. The molecule has 0 radical (unpaired) electrons. The second kappa shape index (κ2) is 6.01. The summed E-state index contributed by atoms with van der Waals surface area (Å²) in [5, 5.41) is 32.1. The Balaban J connectivity index is 2.08. The molecule has 4 atom stereocenters. The molecule has 12 nitrogen and oxygen atoms in total. The first-order valence-electron chi connectivity index (χ1n) is 6.07. The number of nitrogens with zero attached hydrogens (tertiary/aromatic N) is 1. The van der Waals surface area contributed by atoms with Crippen LogP contribution in [0.3, 0.4) is 0 Å². The van der Waals surface area contributed by atoms with Crippen molar-refractivity contribution in [3.63, 3.8) is 0 Å². The van der Waals surface area contributed by atoms with Gasteiger partial charge in [0.25, 0.3) is 5.91 Å². The van der Waals surface area contributed by atoms with Crippen LogP contribution in [-0.2, 0) is 18.6 Å². The molecule has 0 saturated carbocycles. The van der Waals surface area contributed by atoms with Gasteiger partial charge in [0.1, 0.15) is 18.3 Å². The molecule has 2 rings (SSSR count). The smallest absolute Gasteiger partial charge is 0.469 e. The van der Waals surface area contributed by atoms with Crippen LogP contribution in [0.25, 0.3) is 0 Å². The molecule has 2 heterocycles. The number of phosphoric acid groups is 1. The summed E-state index contributed by atoms with van der Waals surface area (Å²) in [5.41, 5.74) is 4.75. The summed E-state index contributed by atoms with van der Waals surface area (Å²) in [4.78, 5) is 29.3. The predicted octanol–water partition coefficient (Wildman–Crippen LogP) is -3.38. The molecule has 1 fully saturated rings. The van der Waals surface area contributed by atoms with Crippen molar-refractivity contribution < 1.29 is 43.7 Å². The third kappa shape index (κ3) is 3.33. The zero-order chi connectivity index (χ0) is 16.7. The van der Waals surface area contributed by atoms with E-state index in [1.807, 2.05) is 0 Å². The number of ether oxygens (including phenoxy) is 1. The maximum absolute atomic E-state index is 11.1. The van der Waals surface area contributed by atoms with Crippen LogP contribution in [0.1, 0.15) is 0 Å². The van der Waals surface area contributed by atoms with Gasteiger partial charge in [-0.25, -0.2) is 4.57 Å². The highest BCUT2D eigenvalue weighted by Gasteiger charge is 2.48. The molecule has 0 aliphatic carbocycles. The predicted molar refractivity (Wildman–Crippen MR) is 67.4 cm³/mol. The van der Waals surface area contributed by atoms with Gasteiger partial charge in [-0.2, -0.15) is 0 Å². The molecule has 13 heteroatoms. The Kier molecular flexibility index (Phi) is 4.63. The summed E-state index contributed by atoms with van der Waals surface area (Å²) in [6.07, 6.45) is -5.52. The Morgan fingerprint density at radius 1 is 1.45 bits per heavy atom. The van der Waals surface area contributed by atoms with Crippen LogP contribution >= 0.6 is 7.82 Å². The topological polar surface area (TPSA) is 195 Å². The highest BCUT2D eigenvalue weighted by Crippen LogP contribution is 2.37. The minimum Gasteiger partial charge on any atom is -0.493 e. The van der Waals surface area contributed by atoms with Crippen molar-refractivity contribution in [1.82, 2.24) is 10.2 Å². The number of nitrogens with two attached hydrogens (primary N) is 1. The lowest BCUT2D eigenvalue weighted by molar-refractivity contribution is -0.115. The van der Waals surface area contributed by atoms with Crippen LogP contribution in [0, 0.1) is 0 Å². The number of amides is 1. The quantitative estimate of drug-likeness (QED) is 0.246. The number of carbonyl (C=O) groups is 1. The molecule has 126 valence electrons. The third-order valence-corrected chi connectivity index (χ3v) is 3.71. The van der Waals surface area contributed by atoms with E-state index in [4.69, 9.17) is 20.3 Å². The van der Waals surface area contributed by atoms with Gasteiger partial charge in [0.15, 0.2) is 11.9 Å².